The average molecular weight is 1090 g/mol. The number of unbranched alkanes of at least 4 members (excludes halogenated alkanes) is 14. The van der Waals surface area contributed by atoms with Gasteiger partial charge in [0.25, 0.3) is 5.79 Å². The Morgan fingerprint density at radius 2 is 1.36 bits per heavy atom. The van der Waals surface area contributed by atoms with Gasteiger partial charge < -0.3 is 99.8 Å². The molecule has 75 heavy (non-hydrogen) atoms. The van der Waals surface area contributed by atoms with Gasteiger partial charge in [0.05, 0.1) is 56.8 Å². The molecule has 0 aromatic carbocycles. The molecule has 24 heteroatoms. The molecule has 1 amide bonds. The van der Waals surface area contributed by atoms with E-state index < -0.39 is 167 Å². The van der Waals surface area contributed by atoms with Gasteiger partial charge in [-0.15, -0.1) is 0 Å². The summed E-state index contributed by atoms with van der Waals surface area (Å²) in [6.07, 6.45) is -10.00. The van der Waals surface area contributed by atoms with Crippen molar-refractivity contribution in [1.82, 2.24) is 10.4 Å². The molecule has 4 aliphatic heterocycles. The van der Waals surface area contributed by atoms with Crippen molar-refractivity contribution in [2.75, 3.05) is 33.0 Å². The summed E-state index contributed by atoms with van der Waals surface area (Å²) in [5.41, 5.74) is 0. The van der Waals surface area contributed by atoms with E-state index in [0.717, 1.165) is 25.7 Å². The molecule has 0 saturated carbocycles. The summed E-state index contributed by atoms with van der Waals surface area (Å²) in [6.45, 7) is 2.28. The number of hydrogen-bond acceptors (Lipinski definition) is 22. The lowest BCUT2D eigenvalue weighted by Crippen LogP contribution is -2.68. The third-order valence-electron chi connectivity index (χ3n) is 15.1. The molecule has 4 aliphatic rings. The lowest BCUT2D eigenvalue weighted by Gasteiger charge is -2.50. The van der Waals surface area contributed by atoms with Crippen molar-refractivity contribution in [3.05, 3.63) is 0 Å². The van der Waals surface area contributed by atoms with Crippen LogP contribution in [0.3, 0.4) is 0 Å². The first-order valence-electron chi connectivity index (χ1n) is 27.5. The third kappa shape index (κ3) is 18.7. The summed E-state index contributed by atoms with van der Waals surface area (Å²) in [6, 6.07) is -1.89. The van der Waals surface area contributed by atoms with Crippen LogP contribution in [0.1, 0.15) is 149 Å². The number of carboxylic acids is 1. The van der Waals surface area contributed by atoms with Crippen LogP contribution >= 0.6 is 0 Å². The molecule has 20 atom stereocenters. The first-order chi connectivity index (χ1) is 35.9. The van der Waals surface area contributed by atoms with Crippen molar-refractivity contribution in [2.24, 2.45) is 5.92 Å². The number of amides is 1. The zero-order chi connectivity index (χ0) is 55.2. The van der Waals surface area contributed by atoms with Gasteiger partial charge in [0, 0.05) is 25.3 Å². The Bertz CT molecular complexity index is 1620. The maximum atomic E-state index is 13.1. The number of aliphatic carboxylic acids is 1. The van der Waals surface area contributed by atoms with E-state index in [1.807, 2.05) is 0 Å². The van der Waals surface area contributed by atoms with Crippen molar-refractivity contribution in [1.29, 1.82) is 0 Å². The van der Waals surface area contributed by atoms with Crippen LogP contribution in [0.15, 0.2) is 0 Å². The molecule has 0 aromatic rings. The number of rotatable bonds is 36. The van der Waals surface area contributed by atoms with Gasteiger partial charge in [-0.2, -0.15) is 5.06 Å². The third-order valence-corrected chi connectivity index (χ3v) is 15.1. The molecule has 0 bridgehead atoms. The smallest absolute Gasteiger partial charge is 0.364 e. The van der Waals surface area contributed by atoms with E-state index >= 15 is 0 Å². The van der Waals surface area contributed by atoms with Crippen LogP contribution in [0.4, 0.5) is 0 Å². The van der Waals surface area contributed by atoms with Crippen molar-refractivity contribution in [3.8, 4) is 0 Å². The van der Waals surface area contributed by atoms with Crippen molar-refractivity contribution >= 4 is 18.2 Å². The molecular weight excluding hydrogens is 993 g/mol. The van der Waals surface area contributed by atoms with Gasteiger partial charge in [0.15, 0.2) is 12.6 Å². The number of carbonyl (C=O) groups is 3. The molecule has 4 heterocycles. The number of hydrogen-bond donors (Lipinski definition) is 13. The van der Waals surface area contributed by atoms with E-state index in [1.165, 1.54) is 76.2 Å². The van der Waals surface area contributed by atoms with Crippen molar-refractivity contribution < 1.29 is 109 Å². The molecule has 0 radical (unpaired) electrons. The van der Waals surface area contributed by atoms with Crippen molar-refractivity contribution in [3.63, 3.8) is 0 Å². The standard InChI is InChI=1S/C51H92N2O22/c1-4-6-7-8-9-10-11-12-13-14-15-16-17-18-19-22-38(60)52-32(39(61)33(58)5-2)29-69-48-43(65)42(64)46(37(28-57)71-48)72-49-44(66)47(40(62)35(26-55)70-49)74-51(50(67)68)24-34(59)30(3)45(73-51)41(63)36(27-56)75-53-23-20-21-31(53)25-54/h25,30-37,39-49,55-59,61-66H,4-24,26-29H2,1-3H3,(H,52,60)(H,67,68)/t30-,31+,32+,33-,34?,35?,36-,37+,39+,40+,41-,42?,43?,44?,45-,46-,47+,48-,49+,51+/m1/s1. The number of aliphatic hydroxyl groups is 11. The number of aldehydes is 1. The predicted octanol–water partition coefficient (Wildman–Crippen LogP) is -0.587. The number of nitrogens with one attached hydrogen (secondary N) is 1. The van der Waals surface area contributed by atoms with Crippen LogP contribution in [-0.2, 0) is 47.6 Å². The zero-order valence-electron chi connectivity index (χ0n) is 44.1. The van der Waals surface area contributed by atoms with Gasteiger partial charge >= 0.3 is 5.97 Å². The number of hydroxylamine groups is 2. The van der Waals surface area contributed by atoms with E-state index in [0.29, 0.717) is 25.5 Å². The summed E-state index contributed by atoms with van der Waals surface area (Å²) < 4.78 is 34.7. The SMILES string of the molecule is CCCCCCCCCCCCCCCCCC(=O)N[C@@H](CO[C@@H]1O[C@@H](CO)[C@@H](O[C@@H]2OC(CO)[C@H](O)[C@H](O[C@]3(C(=O)O)CC(O)[C@@H](C)[C@H]([C@H](O)[C@@H](CO)ON4CCC[C@H]4C=O)O3)C2O)C(O)C1O)[C@H](O)[C@H](O)CC. The van der Waals surface area contributed by atoms with Crippen LogP contribution < -0.4 is 5.32 Å². The fourth-order valence-corrected chi connectivity index (χ4v) is 10.2. The predicted molar refractivity (Wildman–Crippen MR) is 264 cm³/mol. The van der Waals surface area contributed by atoms with Crippen molar-refractivity contribution in [2.45, 2.75) is 265 Å². The molecule has 4 rings (SSSR count). The minimum Gasteiger partial charge on any atom is -0.477 e. The number of ether oxygens (including phenoxy) is 6. The topological polar surface area (TPSA) is 374 Å². The van der Waals surface area contributed by atoms with E-state index in [-0.39, 0.29) is 19.4 Å². The Morgan fingerprint density at radius 3 is 1.91 bits per heavy atom. The highest BCUT2D eigenvalue weighted by Crippen LogP contribution is 2.40. The van der Waals surface area contributed by atoms with Gasteiger partial charge in [0.2, 0.25) is 5.91 Å². The summed E-state index contributed by atoms with van der Waals surface area (Å²) in [4.78, 5) is 43.5. The average Bonchev–Trinajstić information content (AvgIpc) is 3.86. The normalized spacial score (nSPS) is 34.6. The summed E-state index contributed by atoms with van der Waals surface area (Å²) in [7, 11) is 0. The highest BCUT2D eigenvalue weighted by molar-refractivity contribution is 5.76. The van der Waals surface area contributed by atoms with E-state index in [2.05, 4.69) is 12.2 Å². The first kappa shape index (κ1) is 65.4. The Balaban J connectivity index is 1.35. The monoisotopic (exact) mass is 1080 g/mol. The number of carbonyl (C=O) groups excluding carboxylic acids is 2. The quantitative estimate of drug-likeness (QED) is 0.0276. The van der Waals surface area contributed by atoms with E-state index in [9.17, 15) is 75.7 Å². The van der Waals surface area contributed by atoms with Gasteiger partial charge in [-0.05, 0) is 25.7 Å². The van der Waals surface area contributed by atoms with E-state index in [1.54, 1.807) is 6.92 Å². The van der Waals surface area contributed by atoms with Gasteiger partial charge in [-0.25, -0.2) is 4.79 Å². The minimum absolute atomic E-state index is 0.119. The maximum absolute atomic E-state index is 13.1. The molecule has 438 valence electrons. The highest BCUT2D eigenvalue weighted by atomic mass is 16.8. The molecule has 24 nitrogen and oxygen atoms in total. The molecular formula is C51H92N2O22. The van der Waals surface area contributed by atoms with Crippen LogP contribution in [0.2, 0.25) is 0 Å². The lowest BCUT2D eigenvalue weighted by molar-refractivity contribution is -0.389. The largest absolute Gasteiger partial charge is 0.477 e. The number of nitrogens with zero attached hydrogens (tertiary/aromatic N) is 1. The second kappa shape index (κ2) is 33.4. The van der Waals surface area contributed by atoms with Gasteiger partial charge in [-0.1, -0.05) is 111 Å². The van der Waals surface area contributed by atoms with Crippen LogP contribution in [0.25, 0.3) is 0 Å². The molecule has 5 unspecified atom stereocenters. The lowest BCUT2D eigenvalue weighted by atomic mass is 9.84. The molecule has 0 spiro atoms. The van der Waals surface area contributed by atoms with Gasteiger partial charge in [0.1, 0.15) is 73.4 Å². The Morgan fingerprint density at radius 1 is 0.773 bits per heavy atom. The summed E-state index contributed by atoms with van der Waals surface area (Å²) in [5.74, 6) is -6.28. The number of aliphatic hydroxyl groups excluding tert-OH is 11. The maximum Gasteiger partial charge on any atom is 0.364 e. The molecule has 4 saturated heterocycles. The highest BCUT2D eigenvalue weighted by Gasteiger charge is 2.59. The minimum atomic E-state index is -2.95. The Labute approximate surface area is 440 Å². The number of carboxylic acid groups (broad SMARTS) is 1. The molecule has 4 fully saturated rings. The Hall–Kier alpha value is -2.15. The second-order valence-electron chi connectivity index (χ2n) is 20.8. The summed E-state index contributed by atoms with van der Waals surface area (Å²) >= 11 is 0. The fourth-order valence-electron chi connectivity index (χ4n) is 10.2. The Kier molecular flexibility index (Phi) is 29.1. The molecule has 0 aliphatic carbocycles. The van der Waals surface area contributed by atoms with E-state index in [4.69, 9.17) is 33.3 Å². The second-order valence-corrected chi connectivity index (χ2v) is 20.8. The molecule has 0 aromatic heterocycles. The fraction of sp³-hybridized carbons (Fsp3) is 0.941. The zero-order valence-corrected chi connectivity index (χ0v) is 44.1. The van der Waals surface area contributed by atoms with Crippen LogP contribution in [0.5, 0.6) is 0 Å². The van der Waals surface area contributed by atoms with Crippen LogP contribution in [0, 0.1) is 5.92 Å². The first-order valence-corrected chi connectivity index (χ1v) is 27.5. The molecule has 13 N–H and O–H groups in total. The summed E-state index contributed by atoms with van der Waals surface area (Å²) in [5, 5.41) is 135. The van der Waals surface area contributed by atoms with Crippen LogP contribution in [-0.4, -0.2) is 233 Å². The van der Waals surface area contributed by atoms with Gasteiger partial charge in [-0.3, -0.25) is 9.63 Å².